The summed E-state index contributed by atoms with van der Waals surface area (Å²) in [6, 6.07) is 9.14. The van der Waals surface area contributed by atoms with Crippen LogP contribution in [-0.2, 0) is 20.9 Å². The number of hydrogen-bond donors (Lipinski definition) is 2. The molecule has 2 N–H and O–H groups in total. The second kappa shape index (κ2) is 11.2. The van der Waals surface area contributed by atoms with Gasteiger partial charge in [-0.1, -0.05) is 18.7 Å². The van der Waals surface area contributed by atoms with Crippen molar-refractivity contribution in [3.05, 3.63) is 47.9 Å². The van der Waals surface area contributed by atoms with Gasteiger partial charge in [-0.3, -0.25) is 14.5 Å². The molecule has 0 radical (unpaired) electrons. The molecule has 4 heterocycles. The molecule has 0 spiro atoms. The van der Waals surface area contributed by atoms with Crippen LogP contribution in [0.2, 0.25) is 0 Å². The Morgan fingerprint density at radius 3 is 2.62 bits per heavy atom. The zero-order valence-corrected chi connectivity index (χ0v) is 21.4. The topological polar surface area (TPSA) is 111 Å². The summed E-state index contributed by atoms with van der Waals surface area (Å²) in [5.41, 5.74) is 1.66. The van der Waals surface area contributed by atoms with Gasteiger partial charge in [-0.05, 0) is 24.3 Å². The number of carbonyl (C=O) groups is 2. The predicted molar refractivity (Wildman–Crippen MR) is 143 cm³/mol. The molecule has 3 aromatic rings. The maximum atomic E-state index is 12.4. The lowest BCUT2D eigenvalue weighted by molar-refractivity contribution is -0.133. The van der Waals surface area contributed by atoms with Crippen LogP contribution in [-0.4, -0.2) is 95.7 Å². The lowest BCUT2D eigenvalue weighted by Crippen LogP contribution is -2.50. The van der Waals surface area contributed by atoms with Crippen LogP contribution < -0.4 is 10.2 Å². The van der Waals surface area contributed by atoms with E-state index in [2.05, 4.69) is 27.8 Å². The SMILES string of the molecule is C=CC(=O)NCC(=O)N1CCN(Cc2cc3nc(-c4cccc(O)c4)nc(N4CCOCC4)c3s2)CC1. The fourth-order valence-electron chi connectivity index (χ4n) is 4.53. The number of anilines is 1. The van der Waals surface area contributed by atoms with Gasteiger partial charge in [0.05, 0.1) is 30.0 Å². The largest absolute Gasteiger partial charge is 0.508 e. The Morgan fingerprint density at radius 1 is 1.11 bits per heavy atom. The Labute approximate surface area is 219 Å². The number of thiophene rings is 1. The third-order valence-electron chi connectivity index (χ3n) is 6.52. The molecule has 0 unspecified atom stereocenters. The van der Waals surface area contributed by atoms with Crippen molar-refractivity contribution < 1.29 is 19.4 Å². The molecule has 2 aliphatic heterocycles. The van der Waals surface area contributed by atoms with Crippen molar-refractivity contribution in [2.24, 2.45) is 0 Å². The Hall–Kier alpha value is -3.54. The van der Waals surface area contributed by atoms with Gasteiger partial charge in [-0.15, -0.1) is 11.3 Å². The van der Waals surface area contributed by atoms with Gasteiger partial charge in [0.1, 0.15) is 5.75 Å². The first-order valence-electron chi connectivity index (χ1n) is 12.3. The van der Waals surface area contributed by atoms with E-state index in [0.29, 0.717) is 32.1 Å². The Morgan fingerprint density at radius 2 is 1.89 bits per heavy atom. The van der Waals surface area contributed by atoms with Gasteiger partial charge in [0.2, 0.25) is 11.8 Å². The van der Waals surface area contributed by atoms with Gasteiger partial charge in [-0.2, -0.15) is 0 Å². The summed E-state index contributed by atoms with van der Waals surface area (Å²) < 4.78 is 6.60. The maximum absolute atomic E-state index is 12.4. The average molecular weight is 523 g/mol. The van der Waals surface area contributed by atoms with Crippen molar-refractivity contribution in [3.63, 3.8) is 0 Å². The summed E-state index contributed by atoms with van der Waals surface area (Å²) in [7, 11) is 0. The monoisotopic (exact) mass is 522 g/mol. The lowest BCUT2D eigenvalue weighted by atomic mass is 10.2. The number of rotatable bonds is 7. The smallest absolute Gasteiger partial charge is 0.243 e. The number of morpholine rings is 1. The van der Waals surface area contributed by atoms with Crippen molar-refractivity contribution in [1.82, 2.24) is 25.1 Å². The summed E-state index contributed by atoms with van der Waals surface area (Å²) in [4.78, 5) is 41.0. The molecule has 5 rings (SSSR count). The molecule has 37 heavy (non-hydrogen) atoms. The van der Waals surface area contributed by atoms with E-state index in [9.17, 15) is 14.7 Å². The zero-order chi connectivity index (χ0) is 25.8. The van der Waals surface area contributed by atoms with Crippen LogP contribution in [0, 0.1) is 0 Å². The number of nitrogens with zero attached hydrogens (tertiary/aromatic N) is 5. The summed E-state index contributed by atoms with van der Waals surface area (Å²) in [6.45, 7) is 9.76. The van der Waals surface area contributed by atoms with Crippen LogP contribution >= 0.6 is 11.3 Å². The van der Waals surface area contributed by atoms with Crippen molar-refractivity contribution >= 4 is 39.2 Å². The second-order valence-electron chi connectivity index (χ2n) is 9.03. The zero-order valence-electron chi connectivity index (χ0n) is 20.6. The first-order chi connectivity index (χ1) is 18.0. The summed E-state index contributed by atoms with van der Waals surface area (Å²) in [5, 5.41) is 12.5. The fraction of sp³-hybridized carbons (Fsp3) is 0.385. The van der Waals surface area contributed by atoms with E-state index in [1.165, 1.54) is 4.88 Å². The normalized spacial score (nSPS) is 16.6. The molecule has 0 atom stereocenters. The van der Waals surface area contributed by atoms with Crippen LogP contribution in [0.5, 0.6) is 5.75 Å². The van der Waals surface area contributed by atoms with Crippen molar-refractivity contribution in [2.45, 2.75) is 6.54 Å². The number of carbonyl (C=O) groups excluding carboxylic acids is 2. The third kappa shape index (κ3) is 5.90. The van der Waals surface area contributed by atoms with Crippen LogP contribution in [0.3, 0.4) is 0 Å². The highest BCUT2D eigenvalue weighted by atomic mass is 32.1. The third-order valence-corrected chi connectivity index (χ3v) is 7.63. The number of phenols is 1. The van der Waals surface area contributed by atoms with Crippen molar-refractivity contribution in [1.29, 1.82) is 0 Å². The van der Waals surface area contributed by atoms with Crippen LogP contribution in [0.15, 0.2) is 43.0 Å². The number of hydrogen-bond acceptors (Lipinski definition) is 9. The summed E-state index contributed by atoms with van der Waals surface area (Å²) in [6.07, 6.45) is 1.16. The molecule has 0 aliphatic carbocycles. The van der Waals surface area contributed by atoms with Gasteiger partial charge >= 0.3 is 0 Å². The molecule has 2 saturated heterocycles. The highest BCUT2D eigenvalue weighted by molar-refractivity contribution is 7.19. The number of phenolic OH excluding ortho intramolecular Hbond substituents is 1. The summed E-state index contributed by atoms with van der Waals surface area (Å²) >= 11 is 1.70. The van der Waals surface area contributed by atoms with Crippen LogP contribution in [0.25, 0.3) is 21.6 Å². The number of nitrogens with one attached hydrogen (secondary N) is 1. The quantitative estimate of drug-likeness (QED) is 0.453. The van der Waals surface area contributed by atoms with E-state index in [0.717, 1.165) is 60.4 Å². The second-order valence-corrected chi connectivity index (χ2v) is 10.2. The molecule has 11 heteroatoms. The molecule has 1 aromatic carbocycles. The number of aromatic nitrogens is 2. The van der Waals surface area contributed by atoms with Gasteiger partial charge in [0.15, 0.2) is 11.6 Å². The molecular formula is C26H30N6O4S. The summed E-state index contributed by atoms with van der Waals surface area (Å²) in [5.74, 6) is 1.25. The minimum absolute atomic E-state index is 0.00826. The molecule has 0 saturated carbocycles. The van der Waals surface area contributed by atoms with Gasteiger partial charge in [0.25, 0.3) is 0 Å². The molecule has 2 aromatic heterocycles. The number of aromatic hydroxyl groups is 1. The number of amides is 2. The van der Waals surface area contributed by atoms with Gasteiger partial charge < -0.3 is 25.0 Å². The molecular weight excluding hydrogens is 492 g/mol. The van der Waals surface area contributed by atoms with E-state index < -0.39 is 0 Å². The molecule has 194 valence electrons. The van der Waals surface area contributed by atoms with E-state index in [1.807, 2.05) is 6.07 Å². The predicted octanol–water partition coefficient (Wildman–Crippen LogP) is 1.85. The Bertz CT molecular complexity index is 1300. The molecule has 2 amide bonds. The van der Waals surface area contributed by atoms with Crippen molar-refractivity contribution in [2.75, 3.05) is 63.9 Å². The number of benzene rings is 1. The number of piperazine rings is 1. The van der Waals surface area contributed by atoms with E-state index in [-0.39, 0.29) is 24.1 Å². The van der Waals surface area contributed by atoms with Crippen LogP contribution in [0.1, 0.15) is 4.88 Å². The Kier molecular flexibility index (Phi) is 7.63. The van der Waals surface area contributed by atoms with Gasteiger partial charge in [-0.25, -0.2) is 9.97 Å². The molecule has 2 fully saturated rings. The highest BCUT2D eigenvalue weighted by Gasteiger charge is 2.24. The average Bonchev–Trinajstić information content (AvgIpc) is 3.34. The molecule has 2 aliphatic rings. The van der Waals surface area contributed by atoms with Gasteiger partial charge in [0, 0.05) is 56.3 Å². The molecule has 10 nitrogen and oxygen atoms in total. The minimum atomic E-state index is -0.344. The molecule has 0 bridgehead atoms. The highest BCUT2D eigenvalue weighted by Crippen LogP contribution is 2.35. The maximum Gasteiger partial charge on any atom is 0.243 e. The van der Waals surface area contributed by atoms with Crippen LogP contribution in [0.4, 0.5) is 5.82 Å². The lowest BCUT2D eigenvalue weighted by Gasteiger charge is -2.34. The van der Waals surface area contributed by atoms with Crippen molar-refractivity contribution in [3.8, 4) is 17.1 Å². The van der Waals surface area contributed by atoms with E-state index in [1.54, 1.807) is 34.4 Å². The number of fused-ring (bicyclic) bond motifs is 1. The number of ether oxygens (including phenoxy) is 1. The van der Waals surface area contributed by atoms with E-state index in [4.69, 9.17) is 14.7 Å². The first-order valence-corrected chi connectivity index (χ1v) is 13.1. The first kappa shape index (κ1) is 25.1. The minimum Gasteiger partial charge on any atom is -0.508 e. The Balaban J connectivity index is 1.32. The standard InChI is InChI=1S/C26H30N6O4S/c1-2-22(34)27-16-23(35)31-8-6-30(7-9-31)17-20-15-21-24(37-20)26(32-10-12-36-13-11-32)29-25(28-21)18-4-3-5-19(33)14-18/h2-5,14-15,33H,1,6-13,16-17H2,(H,27,34). The fourth-order valence-corrected chi connectivity index (χ4v) is 5.68. The van der Waals surface area contributed by atoms with E-state index >= 15 is 0 Å².